The zero-order chi connectivity index (χ0) is 10.1. The lowest BCUT2D eigenvalue weighted by Crippen LogP contribution is -2.04. The molecule has 0 fully saturated rings. The van der Waals surface area contributed by atoms with Gasteiger partial charge in [0.25, 0.3) is 0 Å². The smallest absolute Gasteiger partial charge is 0.305 e. The van der Waals surface area contributed by atoms with Crippen molar-refractivity contribution in [3.8, 4) is 0 Å². The van der Waals surface area contributed by atoms with Gasteiger partial charge in [-0.2, -0.15) is 0 Å². The quantitative estimate of drug-likeness (QED) is 0.486. The van der Waals surface area contributed by atoms with Crippen molar-refractivity contribution < 1.29 is 19.4 Å². The number of carbonyl (C=O) groups is 2. The van der Waals surface area contributed by atoms with Gasteiger partial charge in [0, 0.05) is 12.8 Å². The number of hydrogen-bond donors (Lipinski definition) is 1. The molecule has 1 N–H and O–H groups in total. The van der Waals surface area contributed by atoms with E-state index in [-0.39, 0.29) is 12.4 Å². The topological polar surface area (TPSA) is 63.6 Å². The molecule has 0 atom stereocenters. The van der Waals surface area contributed by atoms with Crippen molar-refractivity contribution in [1.82, 2.24) is 0 Å². The minimum absolute atomic E-state index is 0.196. The monoisotopic (exact) mass is 188 g/mol. The molecule has 13 heavy (non-hydrogen) atoms. The molecule has 0 amide bonds. The summed E-state index contributed by atoms with van der Waals surface area (Å²) in [5.41, 5.74) is 0. The Morgan fingerprint density at radius 2 is 1.92 bits per heavy atom. The summed E-state index contributed by atoms with van der Waals surface area (Å²) in [5, 5.41) is 8.31. The highest BCUT2D eigenvalue weighted by Crippen LogP contribution is 2.00. The SMILES string of the molecule is CCC(=O)OCCCCCC(=O)O. The fraction of sp³-hybridized carbons (Fsp3) is 0.778. The van der Waals surface area contributed by atoms with Crippen LogP contribution < -0.4 is 0 Å². The molecule has 0 aromatic carbocycles. The van der Waals surface area contributed by atoms with Crippen LogP contribution >= 0.6 is 0 Å². The van der Waals surface area contributed by atoms with Gasteiger partial charge in [-0.15, -0.1) is 0 Å². The molecule has 0 unspecified atom stereocenters. The average molecular weight is 188 g/mol. The van der Waals surface area contributed by atoms with Crippen LogP contribution in [0, 0.1) is 0 Å². The van der Waals surface area contributed by atoms with E-state index in [0.29, 0.717) is 19.4 Å². The number of rotatable bonds is 7. The van der Waals surface area contributed by atoms with Crippen molar-refractivity contribution in [3.63, 3.8) is 0 Å². The van der Waals surface area contributed by atoms with Gasteiger partial charge in [0.15, 0.2) is 0 Å². The fourth-order valence-electron chi connectivity index (χ4n) is 0.843. The first-order chi connectivity index (χ1) is 6.16. The van der Waals surface area contributed by atoms with Crippen molar-refractivity contribution in [2.75, 3.05) is 6.61 Å². The number of aliphatic carboxylic acids is 1. The third kappa shape index (κ3) is 8.85. The van der Waals surface area contributed by atoms with Crippen molar-refractivity contribution in [2.45, 2.75) is 39.0 Å². The molecule has 0 radical (unpaired) electrons. The van der Waals surface area contributed by atoms with Crippen LogP contribution in [-0.2, 0) is 14.3 Å². The van der Waals surface area contributed by atoms with E-state index in [1.165, 1.54) is 0 Å². The second-order valence-electron chi connectivity index (χ2n) is 2.78. The third-order valence-corrected chi connectivity index (χ3v) is 1.59. The summed E-state index contributed by atoms with van der Waals surface area (Å²) >= 11 is 0. The van der Waals surface area contributed by atoms with E-state index in [0.717, 1.165) is 12.8 Å². The molecule has 0 aromatic rings. The number of ether oxygens (including phenoxy) is 1. The van der Waals surface area contributed by atoms with Crippen molar-refractivity contribution in [1.29, 1.82) is 0 Å². The molecule has 4 heteroatoms. The highest BCUT2D eigenvalue weighted by Gasteiger charge is 1.99. The highest BCUT2D eigenvalue weighted by atomic mass is 16.5. The minimum Gasteiger partial charge on any atom is -0.481 e. The van der Waals surface area contributed by atoms with Gasteiger partial charge in [-0.1, -0.05) is 6.92 Å². The summed E-state index contributed by atoms with van der Waals surface area (Å²) in [6.45, 7) is 2.15. The van der Waals surface area contributed by atoms with E-state index in [4.69, 9.17) is 9.84 Å². The molecule has 0 spiro atoms. The normalized spacial score (nSPS) is 9.62. The maximum absolute atomic E-state index is 10.6. The Hall–Kier alpha value is -1.06. The molecule has 0 heterocycles. The first kappa shape index (κ1) is 11.9. The zero-order valence-corrected chi connectivity index (χ0v) is 7.91. The number of carboxylic acids is 1. The van der Waals surface area contributed by atoms with Gasteiger partial charge in [-0.05, 0) is 19.3 Å². The summed E-state index contributed by atoms with van der Waals surface area (Å²) in [4.78, 5) is 20.7. The van der Waals surface area contributed by atoms with Crippen LogP contribution in [0.25, 0.3) is 0 Å². The number of esters is 1. The van der Waals surface area contributed by atoms with Crippen molar-refractivity contribution in [2.24, 2.45) is 0 Å². The second kappa shape index (κ2) is 7.58. The Balaban J connectivity index is 3.08. The number of carbonyl (C=O) groups excluding carboxylic acids is 1. The standard InChI is InChI=1S/C9H16O4/c1-2-9(12)13-7-5-3-4-6-8(10)11/h2-7H2,1H3,(H,10,11). The summed E-state index contributed by atoms with van der Waals surface area (Å²) in [7, 11) is 0. The van der Waals surface area contributed by atoms with Crippen molar-refractivity contribution in [3.05, 3.63) is 0 Å². The number of hydrogen-bond acceptors (Lipinski definition) is 3. The molecule has 0 saturated carbocycles. The van der Waals surface area contributed by atoms with Crippen LogP contribution in [0.15, 0.2) is 0 Å². The summed E-state index contributed by atoms with van der Waals surface area (Å²) in [5.74, 6) is -0.969. The Kier molecular flexibility index (Phi) is 6.96. The van der Waals surface area contributed by atoms with Crippen LogP contribution in [0.5, 0.6) is 0 Å². The summed E-state index contributed by atoms with van der Waals surface area (Å²) in [6.07, 6.45) is 2.79. The van der Waals surface area contributed by atoms with E-state index in [1.54, 1.807) is 6.92 Å². The van der Waals surface area contributed by atoms with Crippen molar-refractivity contribution >= 4 is 11.9 Å². The lowest BCUT2D eigenvalue weighted by atomic mass is 10.2. The first-order valence-corrected chi connectivity index (χ1v) is 4.54. The molecule has 76 valence electrons. The minimum atomic E-state index is -0.773. The predicted molar refractivity (Wildman–Crippen MR) is 47.4 cm³/mol. The van der Waals surface area contributed by atoms with Gasteiger partial charge in [-0.25, -0.2) is 0 Å². The highest BCUT2D eigenvalue weighted by molar-refractivity contribution is 5.68. The van der Waals surface area contributed by atoms with Crippen LogP contribution in [0.2, 0.25) is 0 Å². The van der Waals surface area contributed by atoms with Gasteiger partial charge in [0.05, 0.1) is 6.61 Å². The lowest BCUT2D eigenvalue weighted by Gasteiger charge is -2.01. The molecule has 0 rings (SSSR count). The van der Waals surface area contributed by atoms with Gasteiger partial charge in [0.1, 0.15) is 0 Å². The Bertz CT molecular complexity index is 165. The second-order valence-corrected chi connectivity index (χ2v) is 2.78. The molecule has 0 aliphatic rings. The average Bonchev–Trinajstić information content (AvgIpc) is 2.10. The van der Waals surface area contributed by atoms with Crippen LogP contribution in [0.3, 0.4) is 0 Å². The van der Waals surface area contributed by atoms with Crippen LogP contribution in [-0.4, -0.2) is 23.7 Å². The molecular weight excluding hydrogens is 172 g/mol. The van der Waals surface area contributed by atoms with Crippen LogP contribution in [0.4, 0.5) is 0 Å². The molecular formula is C9H16O4. The molecule has 0 aliphatic heterocycles. The maximum atomic E-state index is 10.6. The Morgan fingerprint density at radius 3 is 2.46 bits per heavy atom. The Labute approximate surface area is 77.9 Å². The van der Waals surface area contributed by atoms with Gasteiger partial charge in [-0.3, -0.25) is 9.59 Å². The van der Waals surface area contributed by atoms with Gasteiger partial charge >= 0.3 is 11.9 Å². The van der Waals surface area contributed by atoms with E-state index in [2.05, 4.69) is 0 Å². The van der Waals surface area contributed by atoms with Gasteiger partial charge < -0.3 is 9.84 Å². The van der Waals surface area contributed by atoms with Crippen LogP contribution in [0.1, 0.15) is 39.0 Å². The molecule has 4 nitrogen and oxygen atoms in total. The summed E-state index contributed by atoms with van der Waals surface area (Å²) in [6, 6.07) is 0. The van der Waals surface area contributed by atoms with E-state index < -0.39 is 5.97 Å². The first-order valence-electron chi connectivity index (χ1n) is 4.54. The zero-order valence-electron chi connectivity index (χ0n) is 7.91. The maximum Gasteiger partial charge on any atom is 0.305 e. The Morgan fingerprint density at radius 1 is 1.23 bits per heavy atom. The van der Waals surface area contributed by atoms with Gasteiger partial charge in [0.2, 0.25) is 0 Å². The number of carboxylic acid groups (broad SMARTS) is 1. The van der Waals surface area contributed by atoms with E-state index in [9.17, 15) is 9.59 Å². The lowest BCUT2D eigenvalue weighted by molar-refractivity contribution is -0.143. The summed E-state index contributed by atoms with van der Waals surface area (Å²) < 4.78 is 4.81. The molecule has 0 aliphatic carbocycles. The predicted octanol–water partition coefficient (Wildman–Crippen LogP) is 1.58. The molecule has 0 saturated heterocycles. The fourth-order valence-corrected chi connectivity index (χ4v) is 0.843. The number of unbranched alkanes of at least 4 members (excludes halogenated alkanes) is 2. The largest absolute Gasteiger partial charge is 0.481 e. The molecule has 0 bridgehead atoms. The van der Waals surface area contributed by atoms with E-state index >= 15 is 0 Å². The molecule has 0 aromatic heterocycles. The van der Waals surface area contributed by atoms with E-state index in [1.807, 2.05) is 0 Å². The third-order valence-electron chi connectivity index (χ3n) is 1.59.